The normalized spacial score (nSPS) is 22.3. The molecule has 1 aromatic carbocycles. The van der Waals surface area contributed by atoms with E-state index in [2.05, 4.69) is 11.0 Å². The molecule has 3 rings (SSSR count). The SMILES string of the molecule is Fc1cccc2c1CCN(C1CCCC1)C2. The third-order valence-electron chi connectivity index (χ3n) is 4.08. The molecular weight excluding hydrogens is 201 g/mol. The smallest absolute Gasteiger partial charge is 0.126 e. The van der Waals surface area contributed by atoms with Gasteiger partial charge in [-0.05, 0) is 36.5 Å². The summed E-state index contributed by atoms with van der Waals surface area (Å²) in [5.74, 6) is -0.0106. The van der Waals surface area contributed by atoms with Crippen LogP contribution in [0, 0.1) is 5.82 Å². The lowest BCUT2D eigenvalue weighted by Crippen LogP contribution is -2.38. The van der Waals surface area contributed by atoms with E-state index in [1.165, 1.54) is 31.2 Å². The first-order chi connectivity index (χ1) is 7.84. The van der Waals surface area contributed by atoms with Gasteiger partial charge < -0.3 is 0 Å². The van der Waals surface area contributed by atoms with Gasteiger partial charge in [0.1, 0.15) is 5.82 Å². The summed E-state index contributed by atoms with van der Waals surface area (Å²) in [7, 11) is 0. The molecular formula is C14H18FN. The Bertz CT molecular complexity index is 382. The minimum atomic E-state index is -0.0106. The maximum Gasteiger partial charge on any atom is 0.126 e. The summed E-state index contributed by atoms with van der Waals surface area (Å²) in [4.78, 5) is 2.55. The molecule has 2 aliphatic rings. The predicted octanol–water partition coefficient (Wildman–Crippen LogP) is 3.13. The van der Waals surface area contributed by atoms with Crippen LogP contribution in [0.5, 0.6) is 0 Å². The van der Waals surface area contributed by atoms with Crippen LogP contribution in [0.3, 0.4) is 0 Å². The van der Waals surface area contributed by atoms with Gasteiger partial charge in [-0.15, -0.1) is 0 Å². The second kappa shape index (κ2) is 4.17. The van der Waals surface area contributed by atoms with Crippen LogP contribution in [0.2, 0.25) is 0 Å². The quantitative estimate of drug-likeness (QED) is 0.701. The van der Waals surface area contributed by atoms with Crippen LogP contribution in [-0.2, 0) is 13.0 Å². The molecule has 0 radical (unpaired) electrons. The van der Waals surface area contributed by atoms with E-state index in [9.17, 15) is 4.39 Å². The maximum absolute atomic E-state index is 13.6. The molecule has 2 heteroatoms. The highest BCUT2D eigenvalue weighted by Gasteiger charge is 2.26. The van der Waals surface area contributed by atoms with Gasteiger partial charge in [-0.25, -0.2) is 4.39 Å². The van der Waals surface area contributed by atoms with Crippen molar-refractivity contribution in [3.05, 3.63) is 35.1 Å². The number of halogens is 1. The van der Waals surface area contributed by atoms with Gasteiger partial charge >= 0.3 is 0 Å². The minimum absolute atomic E-state index is 0.0106. The van der Waals surface area contributed by atoms with Gasteiger partial charge in [0.15, 0.2) is 0 Å². The number of hydrogen-bond donors (Lipinski definition) is 0. The number of nitrogens with zero attached hydrogens (tertiary/aromatic N) is 1. The Morgan fingerprint density at radius 1 is 1.19 bits per heavy atom. The van der Waals surface area contributed by atoms with Crippen LogP contribution >= 0.6 is 0 Å². The summed E-state index contributed by atoms with van der Waals surface area (Å²) in [5.41, 5.74) is 2.16. The zero-order chi connectivity index (χ0) is 11.0. The number of hydrogen-bond acceptors (Lipinski definition) is 1. The molecule has 1 aliphatic carbocycles. The summed E-state index contributed by atoms with van der Waals surface area (Å²) in [5, 5.41) is 0. The molecule has 0 amide bonds. The molecule has 1 heterocycles. The first-order valence-corrected chi connectivity index (χ1v) is 6.35. The van der Waals surface area contributed by atoms with Crippen LogP contribution in [0.25, 0.3) is 0 Å². The Morgan fingerprint density at radius 2 is 2.00 bits per heavy atom. The van der Waals surface area contributed by atoms with Crippen molar-refractivity contribution in [2.75, 3.05) is 6.54 Å². The number of benzene rings is 1. The zero-order valence-corrected chi connectivity index (χ0v) is 9.58. The zero-order valence-electron chi connectivity index (χ0n) is 9.58. The molecule has 1 saturated carbocycles. The lowest BCUT2D eigenvalue weighted by Gasteiger charge is -2.33. The highest BCUT2D eigenvalue weighted by molar-refractivity contribution is 5.30. The molecule has 16 heavy (non-hydrogen) atoms. The summed E-state index contributed by atoms with van der Waals surface area (Å²) in [6, 6.07) is 6.27. The molecule has 1 aromatic rings. The minimum Gasteiger partial charge on any atom is -0.296 e. The summed E-state index contributed by atoms with van der Waals surface area (Å²) in [6.07, 6.45) is 6.31. The molecule has 0 spiro atoms. The fourth-order valence-corrected chi connectivity index (χ4v) is 3.17. The molecule has 0 N–H and O–H groups in total. The maximum atomic E-state index is 13.6. The van der Waals surface area contributed by atoms with Crippen molar-refractivity contribution in [1.82, 2.24) is 4.90 Å². The lowest BCUT2D eigenvalue weighted by molar-refractivity contribution is 0.179. The number of rotatable bonds is 1. The summed E-state index contributed by atoms with van der Waals surface area (Å²) < 4.78 is 13.6. The summed E-state index contributed by atoms with van der Waals surface area (Å²) >= 11 is 0. The molecule has 86 valence electrons. The first kappa shape index (κ1) is 10.3. The van der Waals surface area contributed by atoms with E-state index in [0.29, 0.717) is 0 Å². The van der Waals surface area contributed by atoms with Gasteiger partial charge in [-0.2, -0.15) is 0 Å². The summed E-state index contributed by atoms with van der Waals surface area (Å²) in [6.45, 7) is 2.00. The van der Waals surface area contributed by atoms with Crippen molar-refractivity contribution in [2.45, 2.75) is 44.7 Å². The molecule has 0 saturated heterocycles. The lowest BCUT2D eigenvalue weighted by atomic mass is 9.97. The van der Waals surface area contributed by atoms with Crippen LogP contribution in [-0.4, -0.2) is 17.5 Å². The molecule has 0 bridgehead atoms. The molecule has 1 fully saturated rings. The van der Waals surface area contributed by atoms with Gasteiger partial charge in [0.2, 0.25) is 0 Å². The van der Waals surface area contributed by atoms with E-state index in [1.54, 1.807) is 6.07 Å². The Balaban J connectivity index is 1.80. The van der Waals surface area contributed by atoms with Gasteiger partial charge in [0.25, 0.3) is 0 Å². The third kappa shape index (κ3) is 1.75. The highest BCUT2D eigenvalue weighted by Crippen LogP contribution is 2.29. The van der Waals surface area contributed by atoms with Crippen molar-refractivity contribution in [3.8, 4) is 0 Å². The van der Waals surface area contributed by atoms with Gasteiger partial charge in [0.05, 0.1) is 0 Å². The Hall–Kier alpha value is -0.890. The molecule has 1 nitrogen and oxygen atoms in total. The van der Waals surface area contributed by atoms with E-state index >= 15 is 0 Å². The Kier molecular flexibility index (Phi) is 2.68. The highest BCUT2D eigenvalue weighted by atomic mass is 19.1. The molecule has 0 unspecified atom stereocenters. The fourth-order valence-electron chi connectivity index (χ4n) is 3.17. The average Bonchev–Trinajstić information content (AvgIpc) is 2.82. The monoisotopic (exact) mass is 219 g/mol. The third-order valence-corrected chi connectivity index (χ3v) is 4.08. The van der Waals surface area contributed by atoms with Crippen LogP contribution in [0.4, 0.5) is 4.39 Å². The predicted molar refractivity (Wildman–Crippen MR) is 62.8 cm³/mol. The van der Waals surface area contributed by atoms with E-state index in [1.807, 2.05) is 6.07 Å². The van der Waals surface area contributed by atoms with Crippen molar-refractivity contribution in [1.29, 1.82) is 0 Å². The van der Waals surface area contributed by atoms with E-state index in [4.69, 9.17) is 0 Å². The van der Waals surface area contributed by atoms with E-state index in [-0.39, 0.29) is 5.82 Å². The van der Waals surface area contributed by atoms with Crippen LogP contribution in [0.1, 0.15) is 36.8 Å². The second-order valence-electron chi connectivity index (χ2n) is 5.04. The van der Waals surface area contributed by atoms with Crippen molar-refractivity contribution >= 4 is 0 Å². The topological polar surface area (TPSA) is 3.24 Å². The van der Waals surface area contributed by atoms with Crippen LogP contribution in [0.15, 0.2) is 18.2 Å². The average molecular weight is 219 g/mol. The van der Waals surface area contributed by atoms with Crippen LogP contribution < -0.4 is 0 Å². The Labute approximate surface area is 96.3 Å². The van der Waals surface area contributed by atoms with Crippen molar-refractivity contribution < 1.29 is 4.39 Å². The second-order valence-corrected chi connectivity index (χ2v) is 5.04. The largest absolute Gasteiger partial charge is 0.296 e. The van der Waals surface area contributed by atoms with Gasteiger partial charge in [-0.3, -0.25) is 4.90 Å². The Morgan fingerprint density at radius 3 is 2.81 bits per heavy atom. The van der Waals surface area contributed by atoms with E-state index in [0.717, 1.165) is 31.1 Å². The van der Waals surface area contributed by atoms with Gasteiger partial charge in [-0.1, -0.05) is 25.0 Å². The number of fused-ring (bicyclic) bond motifs is 1. The molecule has 0 atom stereocenters. The molecule has 1 aliphatic heterocycles. The van der Waals surface area contributed by atoms with Gasteiger partial charge in [0, 0.05) is 19.1 Å². The first-order valence-electron chi connectivity index (χ1n) is 6.35. The molecule has 0 aromatic heterocycles. The fraction of sp³-hybridized carbons (Fsp3) is 0.571. The van der Waals surface area contributed by atoms with Crippen molar-refractivity contribution in [2.24, 2.45) is 0 Å². The van der Waals surface area contributed by atoms with Crippen molar-refractivity contribution in [3.63, 3.8) is 0 Å². The standard InChI is InChI=1S/C14H18FN/c15-14-7-3-4-11-10-16(9-8-13(11)14)12-5-1-2-6-12/h3-4,7,12H,1-2,5-6,8-10H2. The van der Waals surface area contributed by atoms with E-state index < -0.39 is 0 Å².